The fourth-order valence-corrected chi connectivity index (χ4v) is 3.22. The fraction of sp³-hybridized carbons (Fsp3) is 0.136. The summed E-state index contributed by atoms with van der Waals surface area (Å²) in [4.78, 5) is 36.2. The third-order valence-electron chi connectivity index (χ3n) is 4.73. The summed E-state index contributed by atoms with van der Waals surface area (Å²) in [6.07, 6.45) is -0.127. The Morgan fingerprint density at radius 2 is 1.83 bits per heavy atom. The van der Waals surface area contributed by atoms with Crippen molar-refractivity contribution in [1.82, 2.24) is 0 Å². The molecule has 1 N–H and O–H groups in total. The first-order valence-corrected chi connectivity index (χ1v) is 8.89. The topological polar surface area (TPSA) is 98.7 Å². The van der Waals surface area contributed by atoms with Gasteiger partial charge in [0.1, 0.15) is 16.9 Å². The summed E-state index contributed by atoms with van der Waals surface area (Å²) >= 11 is 0. The molecule has 7 heteroatoms. The van der Waals surface area contributed by atoms with Crippen molar-refractivity contribution in [2.75, 3.05) is 12.4 Å². The molecule has 0 fully saturated rings. The van der Waals surface area contributed by atoms with Gasteiger partial charge in [-0.1, -0.05) is 0 Å². The molecular formula is C22H17NO6. The normalized spacial score (nSPS) is 11.0. The maximum atomic E-state index is 12.5. The van der Waals surface area contributed by atoms with Gasteiger partial charge in [0.2, 0.25) is 5.91 Å². The van der Waals surface area contributed by atoms with Gasteiger partial charge in [0.05, 0.1) is 19.1 Å². The maximum absolute atomic E-state index is 12.5. The van der Waals surface area contributed by atoms with Crippen molar-refractivity contribution >= 4 is 33.5 Å². The Kier molecular flexibility index (Phi) is 4.64. The number of rotatable bonds is 4. The molecule has 2 aromatic carbocycles. The van der Waals surface area contributed by atoms with E-state index in [9.17, 15) is 14.4 Å². The Hall–Kier alpha value is -3.87. The molecule has 4 rings (SSSR count). The van der Waals surface area contributed by atoms with Gasteiger partial charge in [0.15, 0.2) is 0 Å². The Morgan fingerprint density at radius 3 is 2.62 bits per heavy atom. The van der Waals surface area contributed by atoms with Crippen LogP contribution in [0.2, 0.25) is 0 Å². The predicted molar refractivity (Wildman–Crippen MR) is 109 cm³/mol. The molecule has 0 aliphatic heterocycles. The number of aryl methyl sites for hydroxylation is 1. The van der Waals surface area contributed by atoms with Crippen LogP contribution in [-0.2, 0) is 11.2 Å². The molecule has 0 unspecified atom stereocenters. The molecule has 29 heavy (non-hydrogen) atoms. The maximum Gasteiger partial charge on any atom is 0.340 e. The molecule has 7 nitrogen and oxygen atoms in total. The SMILES string of the molecule is COc1ccc2c(C)c(CC(=O)Nc3ccc4oc(=O)ccc4c3)c(=O)oc2c1. The van der Waals surface area contributed by atoms with Crippen molar-refractivity contribution in [3.63, 3.8) is 0 Å². The molecule has 2 heterocycles. The largest absolute Gasteiger partial charge is 0.497 e. The first-order valence-electron chi connectivity index (χ1n) is 8.89. The van der Waals surface area contributed by atoms with Gasteiger partial charge in [-0.15, -0.1) is 0 Å². The summed E-state index contributed by atoms with van der Waals surface area (Å²) in [6, 6.07) is 13.1. The van der Waals surface area contributed by atoms with Crippen LogP contribution >= 0.6 is 0 Å². The Labute approximate surface area is 164 Å². The molecule has 146 valence electrons. The molecule has 2 aromatic heterocycles. The van der Waals surface area contributed by atoms with Gasteiger partial charge in [-0.3, -0.25) is 4.79 Å². The van der Waals surface area contributed by atoms with Crippen molar-refractivity contribution in [2.24, 2.45) is 0 Å². The van der Waals surface area contributed by atoms with Gasteiger partial charge in [-0.2, -0.15) is 0 Å². The summed E-state index contributed by atoms with van der Waals surface area (Å²) < 4.78 is 15.6. The summed E-state index contributed by atoms with van der Waals surface area (Å²) in [7, 11) is 1.53. The van der Waals surface area contributed by atoms with Crippen LogP contribution in [0.4, 0.5) is 5.69 Å². The molecule has 0 radical (unpaired) electrons. The quantitative estimate of drug-likeness (QED) is 0.536. The minimum atomic E-state index is -0.557. The third-order valence-corrected chi connectivity index (χ3v) is 4.73. The summed E-state index contributed by atoms with van der Waals surface area (Å²) in [5, 5.41) is 4.18. The van der Waals surface area contributed by atoms with Crippen molar-refractivity contribution < 1.29 is 18.4 Å². The number of carbonyl (C=O) groups excluding carboxylic acids is 1. The second-order valence-electron chi connectivity index (χ2n) is 6.59. The van der Waals surface area contributed by atoms with Crippen molar-refractivity contribution in [2.45, 2.75) is 13.3 Å². The van der Waals surface area contributed by atoms with E-state index in [2.05, 4.69) is 5.32 Å². The highest BCUT2D eigenvalue weighted by Gasteiger charge is 2.16. The van der Waals surface area contributed by atoms with E-state index in [-0.39, 0.29) is 12.3 Å². The smallest absolute Gasteiger partial charge is 0.340 e. The number of amides is 1. The standard InChI is InChI=1S/C22H17NO6/c1-12-16-6-5-15(27-2)10-19(16)29-22(26)17(12)11-20(24)23-14-4-7-18-13(9-14)3-8-21(25)28-18/h3-10H,11H2,1-2H3,(H,23,24). The first-order chi connectivity index (χ1) is 13.9. The molecule has 0 spiro atoms. The molecule has 0 bridgehead atoms. The monoisotopic (exact) mass is 391 g/mol. The lowest BCUT2D eigenvalue weighted by molar-refractivity contribution is -0.115. The Bertz CT molecular complexity index is 1370. The second kappa shape index (κ2) is 7.27. The third kappa shape index (κ3) is 3.62. The van der Waals surface area contributed by atoms with Gasteiger partial charge >= 0.3 is 11.3 Å². The number of nitrogens with one attached hydrogen (secondary N) is 1. The number of anilines is 1. The molecule has 4 aromatic rings. The van der Waals surface area contributed by atoms with Crippen LogP contribution in [0.1, 0.15) is 11.1 Å². The summed E-state index contributed by atoms with van der Waals surface area (Å²) in [5.41, 5.74) is 1.36. The Morgan fingerprint density at radius 1 is 1.00 bits per heavy atom. The van der Waals surface area contributed by atoms with E-state index in [4.69, 9.17) is 13.6 Å². The highest BCUT2D eigenvalue weighted by molar-refractivity contribution is 5.95. The van der Waals surface area contributed by atoms with Crippen molar-refractivity contribution in [3.05, 3.63) is 80.5 Å². The number of methoxy groups -OCH3 is 1. The predicted octanol–water partition coefficient (Wildman–Crippen LogP) is 3.40. The zero-order valence-corrected chi connectivity index (χ0v) is 15.8. The van der Waals surface area contributed by atoms with Crippen LogP contribution < -0.4 is 21.3 Å². The van der Waals surface area contributed by atoms with Gasteiger partial charge in [0, 0.05) is 28.6 Å². The molecule has 0 atom stereocenters. The van der Waals surface area contributed by atoms with Crippen LogP contribution in [-0.4, -0.2) is 13.0 Å². The highest BCUT2D eigenvalue weighted by Crippen LogP contribution is 2.24. The number of benzene rings is 2. The van der Waals surface area contributed by atoms with E-state index >= 15 is 0 Å². The van der Waals surface area contributed by atoms with Crippen LogP contribution in [0.5, 0.6) is 5.75 Å². The van der Waals surface area contributed by atoms with Gasteiger partial charge in [-0.25, -0.2) is 9.59 Å². The number of fused-ring (bicyclic) bond motifs is 2. The molecule has 0 saturated carbocycles. The minimum Gasteiger partial charge on any atom is -0.497 e. The van der Waals surface area contributed by atoms with E-state index in [1.54, 1.807) is 49.4 Å². The molecule has 1 amide bonds. The average molecular weight is 391 g/mol. The number of carbonyl (C=O) groups is 1. The molecular weight excluding hydrogens is 374 g/mol. The van der Waals surface area contributed by atoms with E-state index < -0.39 is 11.3 Å². The van der Waals surface area contributed by atoms with Gasteiger partial charge in [0.25, 0.3) is 0 Å². The van der Waals surface area contributed by atoms with Gasteiger partial charge < -0.3 is 18.9 Å². The molecule has 0 aliphatic carbocycles. The second-order valence-corrected chi connectivity index (χ2v) is 6.59. The van der Waals surface area contributed by atoms with E-state index in [0.717, 1.165) is 5.39 Å². The van der Waals surface area contributed by atoms with Crippen molar-refractivity contribution in [3.8, 4) is 5.75 Å². The summed E-state index contributed by atoms with van der Waals surface area (Å²) in [5.74, 6) is 0.225. The van der Waals surface area contributed by atoms with Crippen molar-refractivity contribution in [1.29, 1.82) is 0 Å². The van der Waals surface area contributed by atoms with E-state index in [1.165, 1.54) is 13.2 Å². The van der Waals surface area contributed by atoms with Crippen LogP contribution in [0.3, 0.4) is 0 Å². The lowest BCUT2D eigenvalue weighted by Gasteiger charge is -2.10. The lowest BCUT2D eigenvalue weighted by Crippen LogP contribution is -2.20. The Balaban J connectivity index is 1.61. The number of ether oxygens (including phenoxy) is 1. The van der Waals surface area contributed by atoms with Crippen LogP contribution in [0, 0.1) is 6.92 Å². The van der Waals surface area contributed by atoms with Crippen LogP contribution in [0.15, 0.2) is 67.0 Å². The molecule has 0 saturated heterocycles. The zero-order valence-electron chi connectivity index (χ0n) is 15.8. The number of hydrogen-bond donors (Lipinski definition) is 1. The molecule has 0 aliphatic rings. The van der Waals surface area contributed by atoms with E-state index in [1.807, 2.05) is 0 Å². The van der Waals surface area contributed by atoms with E-state index in [0.29, 0.717) is 39.1 Å². The lowest BCUT2D eigenvalue weighted by atomic mass is 10.0. The minimum absolute atomic E-state index is 0.127. The van der Waals surface area contributed by atoms with Gasteiger partial charge in [-0.05, 0) is 48.9 Å². The summed E-state index contributed by atoms with van der Waals surface area (Å²) in [6.45, 7) is 1.78. The first kappa shape index (κ1) is 18.5. The number of hydrogen-bond acceptors (Lipinski definition) is 6. The fourth-order valence-electron chi connectivity index (χ4n) is 3.22. The van der Waals surface area contributed by atoms with Crippen LogP contribution in [0.25, 0.3) is 21.9 Å². The highest BCUT2D eigenvalue weighted by atomic mass is 16.5. The average Bonchev–Trinajstić information content (AvgIpc) is 2.70. The zero-order chi connectivity index (χ0) is 20.5.